The van der Waals surface area contributed by atoms with Gasteiger partial charge >= 0.3 is 0 Å². The van der Waals surface area contributed by atoms with Crippen LogP contribution in [0.5, 0.6) is 0 Å². The quantitative estimate of drug-likeness (QED) is 0.0500. The molecule has 0 saturated carbocycles. The Morgan fingerprint density at radius 1 is 0.365 bits per heavy atom. The van der Waals surface area contributed by atoms with Crippen LogP contribution in [-0.2, 0) is 36.8 Å². The van der Waals surface area contributed by atoms with E-state index in [1.165, 1.54) is 34.4 Å². The van der Waals surface area contributed by atoms with Gasteiger partial charge in [0, 0.05) is 160 Å². The van der Waals surface area contributed by atoms with E-state index in [1.54, 1.807) is 25.1 Å². The number of halogens is 1. The lowest BCUT2D eigenvalue weighted by Crippen LogP contribution is -2.58. The summed E-state index contributed by atoms with van der Waals surface area (Å²) in [5.74, 6) is 51.6. The van der Waals surface area contributed by atoms with E-state index in [2.05, 4.69) is 209 Å². The molecule has 760 valence electrons. The van der Waals surface area contributed by atoms with Gasteiger partial charge in [-0.3, -0.25) is 34.5 Å². The molecule has 19 nitrogen and oxygen atoms in total. The molecule has 20 heteroatoms. The highest BCUT2D eigenvalue weighted by molar-refractivity contribution is 5.65. The fourth-order valence-corrected chi connectivity index (χ4v) is 22.7. The van der Waals surface area contributed by atoms with E-state index in [9.17, 15) is 40.1 Å². The molecule has 1 aliphatic carbocycles. The molecule has 7 atom stereocenters. The minimum absolute atomic E-state index is 0.0458. The standard InChI is InChI=1S/C27H30N2O2.C26H30N2O2.C25H25FN2O2.C25H26N2O2.C25H26N2O/c30-24-9-6-21(7-10-24)25-11-8-22(26(28-25)18-20-4-2-1-3-5-20)12-15-27(31)19-29-16-13-23(27)14-17-29;29-26(19-28-14-9-23(26)10-15-28)13-8-21-6-7-24(22-11-16-30-17-12-22)27-25(21)18-20-4-2-1-3-5-20;1-18(29)2-8-23-9-5-20(24(27-23)16-19-3-6-22(26)7-4-19)10-13-25(30)17-28-14-11-21(25)12-15-28;28-17-5-4-8-23-10-9-21(24(26-23)18-20-6-2-1-3-7-20)11-14-25(29)19-27-15-12-22(25)13-16-27;1-2-3-9-23-11-10-21(24(26-23)18-20-7-5-4-6-8-20)12-15-25(28)19-27-16-13-22(25)14-17-27/h1-6,8,11,23-24,30-31H,7,9-10,13-14,16-19H2;1-7,22-23,29H,9-12,14-19H2;3-7,9,18,21,29-30H,11-12,14-17H2,1H3;1-3,6-7,9-10,22,28-29H,5,12-13,15-19H2;4-8,10-11,22,28H,2,13-14,16-19H2,1H3. The van der Waals surface area contributed by atoms with Crippen LogP contribution in [0.25, 0.3) is 5.57 Å². The second-order valence-electron chi connectivity index (χ2n) is 42.0. The van der Waals surface area contributed by atoms with Crippen LogP contribution in [-0.4, -0.2) is 248 Å². The Morgan fingerprint density at radius 3 is 1.00 bits per heavy atom. The number of aliphatic hydroxyl groups is 8. The van der Waals surface area contributed by atoms with Gasteiger partial charge < -0.3 is 45.6 Å². The molecule has 16 aliphatic heterocycles. The fraction of sp³-hybridized carbons (Fsp3) is 0.430. The monoisotopic (exact) mass is 1980 g/mol. The van der Waals surface area contributed by atoms with Crippen LogP contribution in [0.3, 0.4) is 0 Å². The maximum Gasteiger partial charge on any atom is 0.141 e. The van der Waals surface area contributed by atoms with Crippen LogP contribution < -0.4 is 0 Å². The lowest BCUT2D eigenvalue weighted by atomic mass is 9.75. The summed E-state index contributed by atoms with van der Waals surface area (Å²) in [5.41, 5.74) is 15.2. The van der Waals surface area contributed by atoms with E-state index in [4.69, 9.17) is 29.8 Å². The minimum Gasteiger partial charge on any atom is -0.395 e. The minimum atomic E-state index is -0.992. The Bertz CT molecular complexity index is 6830. The van der Waals surface area contributed by atoms with Crippen molar-refractivity contribution < 1.29 is 50.0 Å². The van der Waals surface area contributed by atoms with E-state index in [1.807, 2.05) is 104 Å². The van der Waals surface area contributed by atoms with Gasteiger partial charge in [0.05, 0.1) is 46.9 Å². The largest absolute Gasteiger partial charge is 0.395 e. The first-order chi connectivity index (χ1) is 72.0. The molecule has 8 N–H and O–H groups in total. The molecule has 10 aromatic rings. The number of allylic oxidation sites excluding steroid dienone is 1. The first-order valence-electron chi connectivity index (χ1n) is 53.5. The second kappa shape index (κ2) is 49.7. The Kier molecular flexibility index (Phi) is 35.4. The molecule has 16 fully saturated rings. The third kappa shape index (κ3) is 27.9. The van der Waals surface area contributed by atoms with Gasteiger partial charge in [-0.2, -0.15) is 0 Å². The molecule has 0 amide bonds. The van der Waals surface area contributed by atoms with Crippen LogP contribution in [0.4, 0.5) is 4.39 Å². The summed E-state index contributed by atoms with van der Waals surface area (Å²) in [4.78, 5) is 35.8. The number of piperidine rings is 15. The Morgan fingerprint density at radius 2 is 0.682 bits per heavy atom. The zero-order valence-corrected chi connectivity index (χ0v) is 85.4. The van der Waals surface area contributed by atoms with E-state index >= 15 is 0 Å². The smallest absolute Gasteiger partial charge is 0.141 e. The second-order valence-corrected chi connectivity index (χ2v) is 42.0. The zero-order chi connectivity index (χ0) is 102. The Hall–Kier alpha value is -12.6. The maximum absolute atomic E-state index is 13.3. The van der Waals surface area contributed by atoms with Crippen molar-refractivity contribution in [3.8, 4) is 94.7 Å². The number of hydrogen-bond acceptors (Lipinski definition) is 19. The highest BCUT2D eigenvalue weighted by atomic mass is 19.1. The number of aromatic nitrogens is 5. The summed E-state index contributed by atoms with van der Waals surface area (Å²) in [6, 6.07) is 67.3. The van der Waals surface area contributed by atoms with Crippen LogP contribution in [0.1, 0.15) is 241 Å². The number of ether oxygens (including phenoxy) is 1. The molecule has 17 aliphatic rings. The number of nitrogens with zero attached hydrogens (tertiary/aromatic N) is 10. The van der Waals surface area contributed by atoms with Gasteiger partial charge in [-0.05, 0) is 293 Å². The van der Waals surface area contributed by atoms with Crippen molar-refractivity contribution >= 4 is 5.57 Å². The number of hydrogen-bond donors (Lipinski definition) is 8. The fourth-order valence-electron chi connectivity index (χ4n) is 22.7. The normalized spacial score (nSPS) is 26.9. The summed E-state index contributed by atoms with van der Waals surface area (Å²) >= 11 is 0. The van der Waals surface area contributed by atoms with Crippen molar-refractivity contribution in [2.75, 3.05) is 118 Å². The summed E-state index contributed by atoms with van der Waals surface area (Å²) < 4.78 is 18.8. The predicted molar refractivity (Wildman–Crippen MR) is 577 cm³/mol. The van der Waals surface area contributed by atoms with Gasteiger partial charge in [-0.1, -0.05) is 223 Å². The molecule has 148 heavy (non-hydrogen) atoms. The average molecular weight is 1980 g/mol. The van der Waals surface area contributed by atoms with Crippen LogP contribution >= 0.6 is 0 Å². The van der Waals surface area contributed by atoms with Gasteiger partial charge in [0.2, 0.25) is 0 Å². The van der Waals surface area contributed by atoms with Gasteiger partial charge in [-0.25, -0.2) is 19.3 Å². The van der Waals surface area contributed by atoms with Crippen molar-refractivity contribution in [3.63, 3.8) is 0 Å². The highest BCUT2D eigenvalue weighted by Gasteiger charge is 2.49. The number of pyridine rings is 5. The van der Waals surface area contributed by atoms with Crippen LogP contribution in [0, 0.1) is 130 Å². The highest BCUT2D eigenvalue weighted by Crippen LogP contribution is 2.42. The lowest BCUT2D eigenvalue weighted by Gasteiger charge is -2.47. The predicted octanol–water partition coefficient (Wildman–Crippen LogP) is 14.6. The lowest BCUT2D eigenvalue weighted by molar-refractivity contribution is -0.0714. The number of benzene rings is 5. The zero-order valence-electron chi connectivity index (χ0n) is 85.4. The van der Waals surface area contributed by atoms with Crippen molar-refractivity contribution in [2.45, 2.75) is 201 Å². The summed E-state index contributed by atoms with van der Waals surface area (Å²) in [6.07, 6.45) is 20.3. The maximum atomic E-state index is 13.3. The van der Waals surface area contributed by atoms with Crippen LogP contribution in [0.15, 0.2) is 212 Å². The molecule has 16 saturated heterocycles. The van der Waals surface area contributed by atoms with E-state index in [0.29, 0.717) is 94.5 Å². The SMILES string of the molecule is CC(O)C#Cc1ccc(C#CC2(O)CN3CCC2CC3)c(Cc2ccc(F)cc2)n1.CCC#Cc1ccc(C#CC2(O)CN3CCC2CC3)c(Cc2ccccc2)n1.OC1(C#Cc2ccc(C3CCOCC3)nc2Cc2ccccc2)CN2CCC1CC2.OC1CC=C(c2ccc(C#CC3(O)CN4CCC3CC4)c(Cc3ccccc3)n2)CC1.OCCC#Cc1ccc(C#CC2(O)CN3CCC2CC3)c(Cc2ccccc2)n1. The van der Waals surface area contributed by atoms with Gasteiger partial charge in [-0.15, -0.1) is 0 Å². The van der Waals surface area contributed by atoms with Crippen molar-refractivity contribution in [2.24, 2.45) is 29.6 Å². The third-order valence-corrected chi connectivity index (χ3v) is 31.3. The Labute approximate surface area is 873 Å². The molecule has 27 rings (SSSR count). The van der Waals surface area contributed by atoms with E-state index < -0.39 is 34.1 Å². The third-order valence-electron chi connectivity index (χ3n) is 31.3. The molecule has 0 spiro atoms. The topological polar surface area (TPSA) is 252 Å². The summed E-state index contributed by atoms with van der Waals surface area (Å²) in [5, 5.41) is 83.9. The molecule has 10 bridgehead atoms. The molecule has 5 aromatic carbocycles. The van der Waals surface area contributed by atoms with Crippen molar-refractivity contribution in [3.05, 3.63) is 331 Å². The van der Waals surface area contributed by atoms with Crippen molar-refractivity contribution in [1.82, 2.24) is 49.4 Å². The van der Waals surface area contributed by atoms with E-state index in [0.717, 1.165) is 266 Å². The summed E-state index contributed by atoms with van der Waals surface area (Å²) in [7, 11) is 0. The molecular weight excluding hydrogens is 1840 g/mol. The Balaban J connectivity index is 0.000000121. The first kappa shape index (κ1) is 105. The number of aliphatic hydroxyl groups excluding tert-OH is 3. The molecular formula is C128H137FN10O9. The van der Waals surface area contributed by atoms with Gasteiger partial charge in [0.1, 0.15) is 57.0 Å². The summed E-state index contributed by atoms with van der Waals surface area (Å²) in [6.45, 7) is 19.2. The van der Waals surface area contributed by atoms with Crippen molar-refractivity contribution in [1.29, 1.82) is 0 Å². The molecule has 21 heterocycles. The van der Waals surface area contributed by atoms with Crippen LogP contribution in [0.2, 0.25) is 0 Å². The molecule has 5 aromatic heterocycles. The molecule has 0 radical (unpaired) electrons. The first-order valence-corrected chi connectivity index (χ1v) is 53.5. The van der Waals surface area contributed by atoms with Gasteiger partial charge in [0.25, 0.3) is 0 Å². The molecule has 7 unspecified atom stereocenters. The van der Waals surface area contributed by atoms with E-state index in [-0.39, 0.29) is 42.2 Å². The van der Waals surface area contributed by atoms with Gasteiger partial charge in [0.15, 0.2) is 0 Å². The number of rotatable bonds is 13. The number of fused-ring (bicyclic) bond motifs is 15. The average Bonchev–Trinajstić information content (AvgIpc) is 0.793.